The van der Waals surface area contributed by atoms with E-state index in [9.17, 15) is 0 Å². The molecule has 6 heteroatoms. The van der Waals surface area contributed by atoms with Gasteiger partial charge in [0.15, 0.2) is 0 Å². The number of hydrogen-bond acceptors (Lipinski definition) is 5. The third kappa shape index (κ3) is 4.87. The molecule has 0 amide bonds. The first-order chi connectivity index (χ1) is 13.0. The van der Waals surface area contributed by atoms with Gasteiger partial charge in [0.2, 0.25) is 5.88 Å². The predicted molar refractivity (Wildman–Crippen MR) is 115 cm³/mol. The second-order valence-corrected chi connectivity index (χ2v) is 7.16. The summed E-state index contributed by atoms with van der Waals surface area (Å²) >= 11 is 3.67. The van der Waals surface area contributed by atoms with Gasteiger partial charge in [-0.05, 0) is 53.9 Å². The molecule has 0 aromatic carbocycles. The van der Waals surface area contributed by atoms with Gasteiger partial charge in [-0.2, -0.15) is 0 Å². The summed E-state index contributed by atoms with van der Waals surface area (Å²) < 4.78 is 11.4. The Morgan fingerprint density at radius 1 is 1.30 bits per heavy atom. The summed E-state index contributed by atoms with van der Waals surface area (Å²) in [6.07, 6.45) is 2.70. The van der Waals surface area contributed by atoms with E-state index in [0.717, 1.165) is 39.2 Å². The summed E-state index contributed by atoms with van der Waals surface area (Å²) in [5.41, 5.74) is 5.05. The third-order valence-corrected chi connectivity index (χ3v) is 5.05. The number of methoxy groups -OCH3 is 2. The number of halogens is 1. The van der Waals surface area contributed by atoms with Crippen molar-refractivity contribution in [3.8, 4) is 17.1 Å². The molecule has 2 aromatic heterocycles. The molecule has 0 N–H and O–H groups in total. The molecular formula is C21H28BrN3O2. The maximum atomic E-state index is 5.34. The molecule has 0 bridgehead atoms. The van der Waals surface area contributed by atoms with Crippen molar-refractivity contribution in [3.63, 3.8) is 0 Å². The second-order valence-electron chi connectivity index (χ2n) is 6.41. The van der Waals surface area contributed by atoms with Crippen LogP contribution < -0.4 is 9.64 Å². The smallest absolute Gasteiger partial charge is 0.213 e. The van der Waals surface area contributed by atoms with Gasteiger partial charge in [0.1, 0.15) is 4.60 Å². The lowest BCUT2D eigenvalue weighted by Gasteiger charge is -2.31. The molecule has 0 saturated carbocycles. The Morgan fingerprint density at radius 2 is 2.04 bits per heavy atom. The van der Waals surface area contributed by atoms with Crippen molar-refractivity contribution in [2.45, 2.75) is 33.2 Å². The van der Waals surface area contributed by atoms with E-state index in [1.165, 1.54) is 0 Å². The first-order valence-corrected chi connectivity index (χ1v) is 9.83. The highest BCUT2D eigenvalue weighted by Crippen LogP contribution is 2.34. The fourth-order valence-corrected chi connectivity index (χ4v) is 3.64. The van der Waals surface area contributed by atoms with Crippen molar-refractivity contribution in [2.24, 2.45) is 0 Å². The third-order valence-electron chi connectivity index (χ3n) is 4.47. The first kappa shape index (κ1) is 21.4. The van der Waals surface area contributed by atoms with Gasteiger partial charge in [0.05, 0.1) is 30.8 Å². The van der Waals surface area contributed by atoms with Crippen molar-refractivity contribution in [2.75, 3.05) is 32.3 Å². The number of aryl methyl sites for hydroxylation is 2. The molecule has 5 nitrogen and oxygen atoms in total. The Bertz CT molecular complexity index is 795. The highest BCUT2D eigenvalue weighted by Gasteiger charge is 2.20. The van der Waals surface area contributed by atoms with Crippen LogP contribution in [0.25, 0.3) is 11.3 Å². The van der Waals surface area contributed by atoms with E-state index in [2.05, 4.69) is 59.2 Å². The monoisotopic (exact) mass is 433 g/mol. The summed E-state index contributed by atoms with van der Waals surface area (Å²) in [5, 5.41) is 0. The largest absolute Gasteiger partial charge is 0.481 e. The number of anilines is 1. The highest BCUT2D eigenvalue weighted by atomic mass is 79.9. The number of aromatic nitrogens is 2. The molecule has 2 rings (SSSR count). The van der Waals surface area contributed by atoms with E-state index in [1.807, 2.05) is 18.2 Å². The zero-order chi connectivity index (χ0) is 20.0. The van der Waals surface area contributed by atoms with E-state index in [-0.39, 0.29) is 6.04 Å². The van der Waals surface area contributed by atoms with Crippen LogP contribution >= 0.6 is 15.9 Å². The summed E-state index contributed by atoms with van der Waals surface area (Å²) in [5.74, 6) is 0.620. The predicted octanol–water partition coefficient (Wildman–Crippen LogP) is 4.81. The van der Waals surface area contributed by atoms with Gasteiger partial charge in [0, 0.05) is 31.3 Å². The van der Waals surface area contributed by atoms with Crippen molar-refractivity contribution in [1.82, 2.24) is 9.97 Å². The summed E-state index contributed by atoms with van der Waals surface area (Å²) in [7, 11) is 3.35. The van der Waals surface area contributed by atoms with E-state index in [0.29, 0.717) is 19.0 Å². The highest BCUT2D eigenvalue weighted by molar-refractivity contribution is 9.10. The average molecular weight is 434 g/mol. The fourth-order valence-electron chi connectivity index (χ4n) is 3.12. The fraction of sp³-hybridized carbons (Fsp3) is 0.429. The van der Waals surface area contributed by atoms with E-state index < -0.39 is 0 Å². The van der Waals surface area contributed by atoms with Gasteiger partial charge in [0.25, 0.3) is 0 Å². The van der Waals surface area contributed by atoms with E-state index in [1.54, 1.807) is 14.2 Å². The topological polar surface area (TPSA) is 47.5 Å². The number of nitrogens with zero attached hydrogens (tertiary/aromatic N) is 3. The zero-order valence-electron chi connectivity index (χ0n) is 16.8. The van der Waals surface area contributed by atoms with Gasteiger partial charge < -0.3 is 14.4 Å². The Balaban J connectivity index is 2.52. The van der Waals surface area contributed by atoms with Gasteiger partial charge in [-0.1, -0.05) is 13.0 Å². The molecule has 2 aromatic rings. The summed E-state index contributed by atoms with van der Waals surface area (Å²) in [4.78, 5) is 11.7. The van der Waals surface area contributed by atoms with Crippen molar-refractivity contribution in [1.29, 1.82) is 0 Å². The van der Waals surface area contributed by atoms with Crippen LogP contribution in [-0.4, -0.2) is 43.4 Å². The molecule has 27 heavy (non-hydrogen) atoms. The number of hydrogen-bond donors (Lipinski definition) is 0. The molecule has 0 radical (unpaired) electrons. The lowest BCUT2D eigenvalue weighted by molar-refractivity contribution is 0.182. The lowest BCUT2D eigenvalue weighted by atomic mass is 10.0. The summed E-state index contributed by atoms with van der Waals surface area (Å²) in [6.45, 7) is 11.5. The van der Waals surface area contributed by atoms with Crippen LogP contribution in [0.15, 0.2) is 35.5 Å². The van der Waals surface area contributed by atoms with Crippen LogP contribution in [-0.2, 0) is 11.2 Å². The Morgan fingerprint density at radius 3 is 2.63 bits per heavy atom. The van der Waals surface area contributed by atoms with Gasteiger partial charge in [-0.3, -0.25) is 0 Å². The maximum Gasteiger partial charge on any atom is 0.213 e. The molecule has 0 unspecified atom stereocenters. The van der Waals surface area contributed by atoms with Gasteiger partial charge in [-0.15, -0.1) is 6.58 Å². The quantitative estimate of drug-likeness (QED) is 0.419. The summed E-state index contributed by atoms with van der Waals surface area (Å²) in [6, 6.07) is 6.26. The zero-order valence-corrected chi connectivity index (χ0v) is 18.3. The molecule has 146 valence electrons. The second kappa shape index (κ2) is 9.85. The lowest BCUT2D eigenvalue weighted by Crippen LogP contribution is -2.36. The number of rotatable bonds is 9. The normalized spacial score (nSPS) is 11.9. The molecule has 0 spiro atoms. The number of ether oxygens (including phenoxy) is 2. The van der Waals surface area contributed by atoms with Crippen LogP contribution in [0.4, 0.5) is 5.69 Å². The Kier molecular flexibility index (Phi) is 7.80. The molecule has 0 aliphatic heterocycles. The van der Waals surface area contributed by atoms with Crippen LogP contribution in [0.5, 0.6) is 5.88 Å². The molecule has 1 atom stereocenters. The van der Waals surface area contributed by atoms with Crippen molar-refractivity contribution >= 4 is 21.6 Å². The Hall–Kier alpha value is -1.92. The van der Waals surface area contributed by atoms with Crippen molar-refractivity contribution in [3.05, 3.63) is 46.7 Å². The molecule has 2 heterocycles. The molecule has 0 aliphatic carbocycles. The Labute approximate surface area is 170 Å². The molecule has 0 saturated heterocycles. The minimum absolute atomic E-state index is 0.199. The average Bonchev–Trinajstić information content (AvgIpc) is 2.67. The minimum Gasteiger partial charge on any atom is -0.481 e. The number of pyridine rings is 2. The minimum atomic E-state index is 0.199. The van der Waals surface area contributed by atoms with Gasteiger partial charge >= 0.3 is 0 Å². The van der Waals surface area contributed by atoms with Crippen LogP contribution in [0.3, 0.4) is 0 Å². The van der Waals surface area contributed by atoms with E-state index >= 15 is 0 Å². The SMILES string of the molecule is C=CCN(c1cc(C)c(-c2ccc(OC)nc2CC)nc1Br)[C@@H](C)COC. The van der Waals surface area contributed by atoms with Crippen LogP contribution in [0.1, 0.15) is 25.1 Å². The first-order valence-electron chi connectivity index (χ1n) is 9.04. The molecular weight excluding hydrogens is 406 g/mol. The van der Waals surface area contributed by atoms with E-state index in [4.69, 9.17) is 14.5 Å². The van der Waals surface area contributed by atoms with Gasteiger partial charge in [-0.25, -0.2) is 9.97 Å². The maximum absolute atomic E-state index is 5.34. The van der Waals surface area contributed by atoms with Crippen LogP contribution in [0.2, 0.25) is 0 Å². The standard InChI is InChI=1S/C21H28BrN3O2/c1-7-11-25(15(4)13-26-5)18-12-14(3)20(24-21(18)22)16-9-10-19(27-6)23-17(16)8-2/h7,9-10,12,15H,1,8,11,13H2,2-6H3/t15-/m0/s1. The van der Waals surface area contributed by atoms with Crippen LogP contribution in [0, 0.1) is 6.92 Å². The molecule has 0 aliphatic rings. The van der Waals surface area contributed by atoms with Crippen molar-refractivity contribution < 1.29 is 9.47 Å². The molecule has 0 fully saturated rings.